The third kappa shape index (κ3) is 5.95. The Morgan fingerprint density at radius 3 is 2.33 bits per heavy atom. The number of rotatable bonds is 8. The number of anilines is 1. The Morgan fingerprint density at radius 2 is 1.64 bits per heavy atom. The van der Waals surface area contributed by atoms with Crippen LogP contribution < -0.4 is 14.9 Å². The van der Waals surface area contributed by atoms with Crippen molar-refractivity contribution in [2.24, 2.45) is 5.10 Å². The van der Waals surface area contributed by atoms with Crippen LogP contribution in [0.5, 0.6) is 5.75 Å². The number of hydrogen-bond donors (Lipinski definition) is 2. The van der Waals surface area contributed by atoms with Crippen molar-refractivity contribution in [1.82, 2.24) is 5.43 Å². The molecule has 0 bridgehead atoms. The lowest BCUT2D eigenvalue weighted by molar-refractivity contribution is 0.0600. The van der Waals surface area contributed by atoms with Gasteiger partial charge < -0.3 is 9.47 Å². The summed E-state index contributed by atoms with van der Waals surface area (Å²) >= 11 is 0. The zero-order valence-corrected chi connectivity index (χ0v) is 18.6. The van der Waals surface area contributed by atoms with Gasteiger partial charge in [-0.2, -0.15) is 5.10 Å². The Balaban J connectivity index is 1.70. The SMILES string of the molecule is COC(=O)c1ccc(/C=N/NC(=O)c2cccc(S(=O)(=O)Nc3ccccc3OC)c2)cc1. The van der Waals surface area contributed by atoms with E-state index in [-0.39, 0.29) is 16.1 Å². The monoisotopic (exact) mass is 467 g/mol. The number of carbonyl (C=O) groups is 2. The van der Waals surface area contributed by atoms with Crippen LogP contribution in [0.3, 0.4) is 0 Å². The minimum Gasteiger partial charge on any atom is -0.495 e. The molecule has 0 saturated carbocycles. The normalized spacial score (nSPS) is 11.1. The minimum atomic E-state index is -3.97. The van der Waals surface area contributed by atoms with E-state index in [1.165, 1.54) is 44.7 Å². The Hall–Kier alpha value is -4.18. The lowest BCUT2D eigenvalue weighted by Gasteiger charge is -2.12. The van der Waals surface area contributed by atoms with Gasteiger partial charge in [-0.25, -0.2) is 18.6 Å². The number of carbonyl (C=O) groups excluding carboxylic acids is 2. The van der Waals surface area contributed by atoms with Gasteiger partial charge in [0, 0.05) is 5.56 Å². The molecule has 2 N–H and O–H groups in total. The topological polar surface area (TPSA) is 123 Å². The molecule has 3 aromatic carbocycles. The molecule has 0 aliphatic rings. The molecule has 0 spiro atoms. The van der Waals surface area contributed by atoms with Crippen LogP contribution in [0.1, 0.15) is 26.3 Å². The van der Waals surface area contributed by atoms with Crippen LogP contribution in [0, 0.1) is 0 Å². The van der Waals surface area contributed by atoms with Gasteiger partial charge in [0.2, 0.25) is 0 Å². The summed E-state index contributed by atoms with van der Waals surface area (Å²) in [5, 5.41) is 3.87. The maximum Gasteiger partial charge on any atom is 0.337 e. The third-order valence-corrected chi connectivity index (χ3v) is 5.83. The van der Waals surface area contributed by atoms with Gasteiger partial charge in [-0.3, -0.25) is 9.52 Å². The summed E-state index contributed by atoms with van der Waals surface area (Å²) < 4.78 is 37.8. The van der Waals surface area contributed by atoms with Gasteiger partial charge in [0.05, 0.1) is 36.6 Å². The lowest BCUT2D eigenvalue weighted by Crippen LogP contribution is -2.19. The van der Waals surface area contributed by atoms with E-state index in [2.05, 4.69) is 20.0 Å². The number of sulfonamides is 1. The Labute approximate surface area is 191 Å². The average molecular weight is 468 g/mol. The molecule has 0 atom stereocenters. The number of hydrogen-bond acceptors (Lipinski definition) is 7. The van der Waals surface area contributed by atoms with Gasteiger partial charge in [-0.15, -0.1) is 0 Å². The summed E-state index contributed by atoms with van der Waals surface area (Å²) in [6.07, 6.45) is 1.39. The first-order valence-electron chi connectivity index (χ1n) is 9.62. The fourth-order valence-corrected chi connectivity index (χ4v) is 3.91. The molecule has 10 heteroatoms. The fraction of sp³-hybridized carbons (Fsp3) is 0.0870. The first kappa shape index (κ1) is 23.5. The maximum atomic E-state index is 12.8. The largest absolute Gasteiger partial charge is 0.495 e. The van der Waals surface area contributed by atoms with Gasteiger partial charge in [0.25, 0.3) is 15.9 Å². The van der Waals surface area contributed by atoms with E-state index >= 15 is 0 Å². The Kier molecular flexibility index (Phi) is 7.42. The zero-order chi connectivity index (χ0) is 23.8. The summed E-state index contributed by atoms with van der Waals surface area (Å²) in [6, 6.07) is 18.5. The van der Waals surface area contributed by atoms with Crippen LogP contribution in [-0.4, -0.2) is 40.7 Å². The van der Waals surface area contributed by atoms with Crippen LogP contribution in [0.4, 0.5) is 5.69 Å². The van der Waals surface area contributed by atoms with Crippen LogP contribution in [0.15, 0.2) is 82.8 Å². The molecule has 9 nitrogen and oxygen atoms in total. The highest BCUT2D eigenvalue weighted by Gasteiger charge is 2.18. The molecule has 0 unspecified atom stereocenters. The molecule has 0 fully saturated rings. The van der Waals surface area contributed by atoms with Crippen molar-refractivity contribution < 1.29 is 27.5 Å². The molecule has 3 aromatic rings. The van der Waals surface area contributed by atoms with Crippen LogP contribution in [0.25, 0.3) is 0 Å². The second kappa shape index (κ2) is 10.4. The van der Waals surface area contributed by atoms with Crippen LogP contribution >= 0.6 is 0 Å². The predicted molar refractivity (Wildman–Crippen MR) is 123 cm³/mol. The molecule has 1 amide bonds. The quantitative estimate of drug-likeness (QED) is 0.298. The van der Waals surface area contributed by atoms with Crippen molar-refractivity contribution in [1.29, 1.82) is 0 Å². The highest BCUT2D eigenvalue weighted by molar-refractivity contribution is 7.92. The molecule has 0 aliphatic carbocycles. The molecule has 0 aliphatic heterocycles. The second-order valence-corrected chi connectivity index (χ2v) is 8.33. The number of esters is 1. The van der Waals surface area contributed by atoms with Crippen molar-refractivity contribution in [2.45, 2.75) is 4.90 Å². The van der Waals surface area contributed by atoms with E-state index in [9.17, 15) is 18.0 Å². The maximum absolute atomic E-state index is 12.8. The smallest absolute Gasteiger partial charge is 0.337 e. The first-order chi connectivity index (χ1) is 15.8. The lowest BCUT2D eigenvalue weighted by atomic mass is 10.1. The zero-order valence-electron chi connectivity index (χ0n) is 17.8. The number of amides is 1. The van der Waals surface area contributed by atoms with Gasteiger partial charge >= 0.3 is 5.97 Å². The molecule has 3 rings (SSSR count). The van der Waals surface area contributed by atoms with Gasteiger partial charge in [-0.1, -0.05) is 30.3 Å². The van der Waals surface area contributed by atoms with Crippen LogP contribution in [0.2, 0.25) is 0 Å². The molecule has 170 valence electrons. The summed E-state index contributed by atoms with van der Waals surface area (Å²) in [5.74, 6) is -0.683. The van der Waals surface area contributed by atoms with Crippen molar-refractivity contribution in [3.8, 4) is 5.75 Å². The van der Waals surface area contributed by atoms with E-state index in [0.717, 1.165) is 0 Å². The second-order valence-electron chi connectivity index (χ2n) is 6.65. The molecule has 0 saturated heterocycles. The molecule has 0 radical (unpaired) electrons. The summed E-state index contributed by atoms with van der Waals surface area (Å²) in [4.78, 5) is 23.8. The average Bonchev–Trinajstić information content (AvgIpc) is 2.84. The molecular weight excluding hydrogens is 446 g/mol. The van der Waals surface area contributed by atoms with E-state index < -0.39 is 21.9 Å². The van der Waals surface area contributed by atoms with Crippen LogP contribution in [-0.2, 0) is 14.8 Å². The van der Waals surface area contributed by atoms with Gasteiger partial charge in [0.1, 0.15) is 5.75 Å². The summed E-state index contributed by atoms with van der Waals surface area (Å²) in [5.41, 5.74) is 3.76. The first-order valence-corrected chi connectivity index (χ1v) is 11.1. The van der Waals surface area contributed by atoms with E-state index in [1.807, 2.05) is 0 Å². The number of para-hydroxylation sites is 2. The standard InChI is InChI=1S/C23H21N3O6S/c1-31-21-9-4-3-8-20(21)26-33(29,30)19-7-5-6-18(14-19)22(27)25-24-15-16-10-12-17(13-11-16)23(28)32-2/h3-15,26H,1-2H3,(H,25,27)/b24-15+. The van der Waals surface area contributed by atoms with E-state index in [0.29, 0.717) is 16.9 Å². The summed E-state index contributed by atoms with van der Waals surface area (Å²) in [6.45, 7) is 0. The number of nitrogens with one attached hydrogen (secondary N) is 2. The number of nitrogens with zero attached hydrogens (tertiary/aromatic N) is 1. The minimum absolute atomic E-state index is 0.0940. The molecular formula is C23H21N3O6S. The van der Waals surface area contributed by atoms with Gasteiger partial charge in [0.15, 0.2) is 0 Å². The summed E-state index contributed by atoms with van der Waals surface area (Å²) in [7, 11) is -1.23. The third-order valence-electron chi connectivity index (χ3n) is 4.47. The number of benzene rings is 3. The Bertz CT molecular complexity index is 1290. The van der Waals surface area contributed by atoms with E-state index in [1.54, 1.807) is 48.5 Å². The predicted octanol–water partition coefficient (Wildman–Crippen LogP) is 3.05. The molecule has 33 heavy (non-hydrogen) atoms. The Morgan fingerprint density at radius 1 is 0.909 bits per heavy atom. The van der Waals surface area contributed by atoms with E-state index in [4.69, 9.17) is 4.74 Å². The van der Waals surface area contributed by atoms with Crippen molar-refractivity contribution >= 4 is 33.8 Å². The highest BCUT2D eigenvalue weighted by atomic mass is 32.2. The number of hydrazone groups is 1. The number of methoxy groups -OCH3 is 2. The number of ether oxygens (including phenoxy) is 2. The fourth-order valence-electron chi connectivity index (χ4n) is 2.79. The van der Waals surface area contributed by atoms with Gasteiger partial charge in [-0.05, 0) is 48.0 Å². The molecule has 0 aromatic heterocycles. The van der Waals surface area contributed by atoms with Crippen molar-refractivity contribution in [3.63, 3.8) is 0 Å². The van der Waals surface area contributed by atoms with Crippen molar-refractivity contribution in [2.75, 3.05) is 18.9 Å². The van der Waals surface area contributed by atoms with Crippen molar-refractivity contribution in [3.05, 3.63) is 89.5 Å². The highest BCUT2D eigenvalue weighted by Crippen LogP contribution is 2.26. The molecule has 0 heterocycles.